The molecule has 90 valence electrons. The first kappa shape index (κ1) is 11.2. The Morgan fingerprint density at radius 1 is 1.29 bits per heavy atom. The molecule has 2 aromatic rings. The molecular weight excluding hydrogens is 226 g/mol. The summed E-state index contributed by atoms with van der Waals surface area (Å²) in [5.41, 5.74) is 1.40. The highest BCUT2D eigenvalue weighted by Crippen LogP contribution is 2.28. The van der Waals surface area contributed by atoms with Gasteiger partial charge in [-0.15, -0.1) is 11.3 Å². The normalized spacial score (nSPS) is 17.0. The van der Waals surface area contributed by atoms with Crippen molar-refractivity contribution in [2.45, 2.75) is 45.2 Å². The summed E-state index contributed by atoms with van der Waals surface area (Å²) in [6.45, 7) is 3.25. The number of hydrogen-bond donors (Lipinski definition) is 1. The van der Waals surface area contributed by atoms with Gasteiger partial charge in [-0.2, -0.15) is 0 Å². The van der Waals surface area contributed by atoms with Crippen molar-refractivity contribution in [3.8, 4) is 0 Å². The SMILES string of the molecule is Cc1cccc2cc(CNC3CCCC3)sc12. The molecule has 0 aliphatic heterocycles. The van der Waals surface area contributed by atoms with Crippen LogP contribution < -0.4 is 5.32 Å². The van der Waals surface area contributed by atoms with Gasteiger partial charge < -0.3 is 5.32 Å². The fraction of sp³-hybridized carbons (Fsp3) is 0.467. The van der Waals surface area contributed by atoms with Crippen molar-refractivity contribution in [1.82, 2.24) is 5.32 Å². The molecule has 1 aromatic carbocycles. The largest absolute Gasteiger partial charge is 0.309 e. The van der Waals surface area contributed by atoms with Gasteiger partial charge >= 0.3 is 0 Å². The van der Waals surface area contributed by atoms with Gasteiger partial charge in [-0.25, -0.2) is 0 Å². The Morgan fingerprint density at radius 3 is 2.88 bits per heavy atom. The lowest BCUT2D eigenvalue weighted by molar-refractivity contribution is 0.527. The van der Waals surface area contributed by atoms with E-state index in [2.05, 4.69) is 36.5 Å². The maximum absolute atomic E-state index is 3.69. The lowest BCUT2D eigenvalue weighted by Crippen LogP contribution is -2.24. The second-order valence-electron chi connectivity index (χ2n) is 5.07. The number of aryl methyl sites for hydroxylation is 1. The summed E-state index contributed by atoms with van der Waals surface area (Å²) in [4.78, 5) is 1.47. The summed E-state index contributed by atoms with van der Waals surface area (Å²) < 4.78 is 1.45. The fourth-order valence-electron chi connectivity index (χ4n) is 2.72. The molecule has 17 heavy (non-hydrogen) atoms. The van der Waals surface area contributed by atoms with Gasteiger partial charge in [0.1, 0.15) is 0 Å². The van der Waals surface area contributed by atoms with Crippen molar-refractivity contribution >= 4 is 21.4 Å². The number of benzene rings is 1. The van der Waals surface area contributed by atoms with E-state index in [0.717, 1.165) is 12.6 Å². The van der Waals surface area contributed by atoms with Crippen LogP contribution in [0.2, 0.25) is 0 Å². The number of hydrogen-bond acceptors (Lipinski definition) is 2. The number of fused-ring (bicyclic) bond motifs is 1. The van der Waals surface area contributed by atoms with Crippen LogP contribution in [-0.4, -0.2) is 6.04 Å². The van der Waals surface area contributed by atoms with E-state index in [1.807, 2.05) is 11.3 Å². The van der Waals surface area contributed by atoms with Crippen molar-refractivity contribution in [2.75, 3.05) is 0 Å². The smallest absolute Gasteiger partial charge is 0.0375 e. The van der Waals surface area contributed by atoms with E-state index in [4.69, 9.17) is 0 Å². The molecule has 1 N–H and O–H groups in total. The third kappa shape index (κ3) is 2.38. The van der Waals surface area contributed by atoms with Gasteiger partial charge in [-0.1, -0.05) is 31.0 Å². The van der Waals surface area contributed by atoms with Gasteiger partial charge in [0.05, 0.1) is 0 Å². The molecule has 0 atom stereocenters. The standard InChI is InChI=1S/C15H19NS/c1-11-5-4-6-12-9-14(17-15(11)12)10-16-13-7-2-3-8-13/h4-6,9,13,16H,2-3,7-8,10H2,1H3. The summed E-state index contributed by atoms with van der Waals surface area (Å²) >= 11 is 1.94. The molecule has 0 saturated heterocycles. The van der Waals surface area contributed by atoms with Crippen molar-refractivity contribution in [2.24, 2.45) is 0 Å². The van der Waals surface area contributed by atoms with Crippen LogP contribution in [0.25, 0.3) is 10.1 Å². The molecule has 1 fully saturated rings. The minimum Gasteiger partial charge on any atom is -0.309 e. The van der Waals surface area contributed by atoms with Crippen LogP contribution in [0.15, 0.2) is 24.3 Å². The van der Waals surface area contributed by atoms with Crippen LogP contribution >= 0.6 is 11.3 Å². The molecule has 1 aliphatic carbocycles. The first-order chi connectivity index (χ1) is 8.33. The zero-order chi connectivity index (χ0) is 11.7. The minimum atomic E-state index is 0.765. The van der Waals surface area contributed by atoms with E-state index in [9.17, 15) is 0 Å². The molecule has 1 saturated carbocycles. The monoisotopic (exact) mass is 245 g/mol. The summed E-state index contributed by atoms with van der Waals surface area (Å²) in [5.74, 6) is 0. The predicted molar refractivity (Wildman–Crippen MR) is 75.7 cm³/mol. The Kier molecular flexibility index (Phi) is 3.17. The highest BCUT2D eigenvalue weighted by molar-refractivity contribution is 7.19. The Morgan fingerprint density at radius 2 is 2.12 bits per heavy atom. The summed E-state index contributed by atoms with van der Waals surface area (Å²) in [6, 6.07) is 9.68. The quantitative estimate of drug-likeness (QED) is 0.852. The molecule has 0 unspecified atom stereocenters. The summed E-state index contributed by atoms with van der Waals surface area (Å²) in [5, 5.41) is 5.09. The third-order valence-electron chi connectivity index (χ3n) is 3.71. The molecule has 0 amide bonds. The van der Waals surface area contributed by atoms with Crippen LogP contribution in [0, 0.1) is 6.92 Å². The highest BCUT2D eigenvalue weighted by Gasteiger charge is 2.14. The molecule has 1 aliphatic rings. The summed E-state index contributed by atoms with van der Waals surface area (Å²) in [7, 11) is 0. The Labute approximate surface area is 107 Å². The van der Waals surface area contributed by atoms with Gasteiger partial charge in [-0.05, 0) is 36.8 Å². The summed E-state index contributed by atoms with van der Waals surface area (Å²) in [6.07, 6.45) is 5.54. The van der Waals surface area contributed by atoms with E-state index < -0.39 is 0 Å². The van der Waals surface area contributed by atoms with E-state index in [-0.39, 0.29) is 0 Å². The Balaban J connectivity index is 1.74. The van der Waals surface area contributed by atoms with Crippen LogP contribution in [0.5, 0.6) is 0 Å². The lowest BCUT2D eigenvalue weighted by Gasteiger charge is -2.09. The lowest BCUT2D eigenvalue weighted by atomic mass is 10.2. The van der Waals surface area contributed by atoms with E-state index in [1.165, 1.54) is 46.2 Å². The van der Waals surface area contributed by atoms with Gasteiger partial charge in [0.15, 0.2) is 0 Å². The van der Waals surface area contributed by atoms with Gasteiger partial charge in [0.25, 0.3) is 0 Å². The first-order valence-electron chi connectivity index (χ1n) is 6.54. The second-order valence-corrected chi connectivity index (χ2v) is 6.21. The van der Waals surface area contributed by atoms with Crippen LogP contribution in [0.4, 0.5) is 0 Å². The van der Waals surface area contributed by atoms with E-state index in [0.29, 0.717) is 0 Å². The second kappa shape index (κ2) is 4.79. The van der Waals surface area contributed by atoms with Gasteiger partial charge in [0.2, 0.25) is 0 Å². The average Bonchev–Trinajstić information content (AvgIpc) is 2.95. The van der Waals surface area contributed by atoms with E-state index >= 15 is 0 Å². The van der Waals surface area contributed by atoms with Gasteiger partial charge in [-0.3, -0.25) is 0 Å². The van der Waals surface area contributed by atoms with Crippen LogP contribution in [-0.2, 0) is 6.54 Å². The molecular formula is C15H19NS. The molecule has 1 aromatic heterocycles. The molecule has 0 spiro atoms. The molecule has 0 bridgehead atoms. The van der Waals surface area contributed by atoms with Crippen LogP contribution in [0.1, 0.15) is 36.1 Å². The minimum absolute atomic E-state index is 0.765. The highest BCUT2D eigenvalue weighted by atomic mass is 32.1. The topological polar surface area (TPSA) is 12.0 Å². The zero-order valence-electron chi connectivity index (χ0n) is 10.3. The van der Waals surface area contributed by atoms with Gasteiger partial charge in [0, 0.05) is 22.2 Å². The fourth-order valence-corrected chi connectivity index (χ4v) is 3.80. The van der Waals surface area contributed by atoms with Crippen molar-refractivity contribution in [1.29, 1.82) is 0 Å². The molecule has 2 heteroatoms. The number of rotatable bonds is 3. The molecule has 1 nitrogen and oxygen atoms in total. The third-order valence-corrected chi connectivity index (χ3v) is 5.00. The zero-order valence-corrected chi connectivity index (χ0v) is 11.1. The number of nitrogens with one attached hydrogen (secondary N) is 1. The molecule has 0 radical (unpaired) electrons. The maximum atomic E-state index is 3.69. The van der Waals surface area contributed by atoms with Crippen LogP contribution in [0.3, 0.4) is 0 Å². The molecule has 3 rings (SSSR count). The first-order valence-corrected chi connectivity index (χ1v) is 7.36. The maximum Gasteiger partial charge on any atom is 0.0375 e. The van der Waals surface area contributed by atoms with Crippen molar-refractivity contribution < 1.29 is 0 Å². The average molecular weight is 245 g/mol. The Bertz CT molecular complexity index is 509. The Hall–Kier alpha value is -0.860. The van der Waals surface area contributed by atoms with Crippen molar-refractivity contribution in [3.05, 3.63) is 34.7 Å². The van der Waals surface area contributed by atoms with Crippen molar-refractivity contribution in [3.63, 3.8) is 0 Å². The number of thiophene rings is 1. The predicted octanol–water partition coefficient (Wildman–Crippen LogP) is 4.24. The molecule has 1 heterocycles. The van der Waals surface area contributed by atoms with E-state index in [1.54, 1.807) is 0 Å².